The Hall–Kier alpha value is -8.15. The predicted molar refractivity (Wildman–Crippen MR) is 246 cm³/mol. The number of para-hydroxylation sites is 2. The molecule has 5 nitrogen and oxygen atoms in total. The van der Waals surface area contributed by atoms with Gasteiger partial charge in [-0.05, 0) is 96.7 Å². The van der Waals surface area contributed by atoms with Crippen LogP contribution in [0.4, 0.5) is 0 Å². The monoisotopic (exact) mass is 765 g/mol. The summed E-state index contributed by atoms with van der Waals surface area (Å²) < 4.78 is 12.6. The maximum absolute atomic E-state index is 6.34. The minimum Gasteiger partial charge on any atom is -0.456 e. The number of furan rings is 2. The highest BCUT2D eigenvalue weighted by Gasteiger charge is 2.20. The third-order valence-corrected chi connectivity index (χ3v) is 12.1. The molecule has 10 aromatic carbocycles. The van der Waals surface area contributed by atoms with E-state index in [9.17, 15) is 0 Å². The molecule has 0 aliphatic heterocycles. The Morgan fingerprint density at radius 3 is 1.55 bits per heavy atom. The predicted octanol–water partition coefficient (Wildman–Crippen LogP) is 15.0. The lowest BCUT2D eigenvalue weighted by Gasteiger charge is -2.14. The summed E-state index contributed by atoms with van der Waals surface area (Å²) in [4.78, 5) is 15.9. The number of aromatic nitrogens is 3. The topological polar surface area (TPSA) is 65.0 Å². The zero-order chi connectivity index (χ0) is 39.3. The van der Waals surface area contributed by atoms with Gasteiger partial charge in [0.1, 0.15) is 22.3 Å². The van der Waals surface area contributed by atoms with Gasteiger partial charge in [-0.2, -0.15) is 0 Å². The van der Waals surface area contributed by atoms with Gasteiger partial charge in [-0.3, -0.25) is 0 Å². The third kappa shape index (κ3) is 4.96. The molecule has 3 aromatic heterocycles. The summed E-state index contributed by atoms with van der Waals surface area (Å²) in [6.45, 7) is 0. The number of nitrogens with zero attached hydrogens (tertiary/aromatic N) is 3. The summed E-state index contributed by atoms with van der Waals surface area (Å²) in [5.74, 6) is 1.79. The zero-order valence-corrected chi connectivity index (χ0v) is 32.1. The summed E-state index contributed by atoms with van der Waals surface area (Å²) in [7, 11) is 0. The van der Waals surface area contributed by atoms with Gasteiger partial charge >= 0.3 is 0 Å². The van der Waals surface area contributed by atoms with Gasteiger partial charge in [-0.15, -0.1) is 0 Å². The average molecular weight is 766 g/mol. The molecular formula is C55H31N3O2. The van der Waals surface area contributed by atoms with E-state index < -0.39 is 0 Å². The van der Waals surface area contributed by atoms with Crippen LogP contribution in [0.15, 0.2) is 197 Å². The number of hydrogen-bond acceptors (Lipinski definition) is 5. The Bertz CT molecular complexity index is 3910. The quantitative estimate of drug-likeness (QED) is 0.167. The van der Waals surface area contributed by atoms with Crippen LogP contribution in [-0.2, 0) is 0 Å². The van der Waals surface area contributed by atoms with E-state index in [1.165, 1.54) is 26.9 Å². The minimum atomic E-state index is 0.587. The minimum absolute atomic E-state index is 0.587. The van der Waals surface area contributed by atoms with Gasteiger partial charge in [0.05, 0.1) is 0 Å². The van der Waals surface area contributed by atoms with Crippen LogP contribution in [0.25, 0.3) is 132 Å². The Labute approximate surface area is 342 Å². The number of fused-ring (bicyclic) bond motifs is 12. The molecule has 0 saturated carbocycles. The molecule has 0 unspecified atom stereocenters. The van der Waals surface area contributed by atoms with Crippen molar-refractivity contribution in [2.24, 2.45) is 0 Å². The highest BCUT2D eigenvalue weighted by atomic mass is 16.3. The molecule has 0 bridgehead atoms. The van der Waals surface area contributed by atoms with Gasteiger partial charge in [0.15, 0.2) is 17.5 Å². The molecule has 13 aromatic rings. The Kier molecular flexibility index (Phi) is 6.95. The van der Waals surface area contributed by atoms with E-state index >= 15 is 0 Å². The smallest absolute Gasteiger partial charge is 0.164 e. The van der Waals surface area contributed by atoms with Gasteiger partial charge in [0.25, 0.3) is 0 Å². The maximum Gasteiger partial charge on any atom is 0.164 e. The molecule has 0 aliphatic rings. The lowest BCUT2D eigenvalue weighted by atomic mass is 9.92. The fourth-order valence-electron chi connectivity index (χ4n) is 9.30. The first kappa shape index (κ1) is 32.9. The second-order valence-electron chi connectivity index (χ2n) is 15.5. The van der Waals surface area contributed by atoms with Crippen molar-refractivity contribution >= 4 is 87.0 Å². The van der Waals surface area contributed by atoms with Gasteiger partial charge in [-0.25, -0.2) is 15.0 Å². The summed E-state index contributed by atoms with van der Waals surface area (Å²) >= 11 is 0. The highest BCUT2D eigenvalue weighted by Crippen LogP contribution is 2.41. The molecule has 0 radical (unpaired) electrons. The highest BCUT2D eigenvalue weighted by molar-refractivity contribution is 6.20. The van der Waals surface area contributed by atoms with Crippen molar-refractivity contribution in [1.29, 1.82) is 0 Å². The molecule has 0 N–H and O–H groups in total. The molecule has 0 saturated heterocycles. The van der Waals surface area contributed by atoms with Crippen molar-refractivity contribution in [2.45, 2.75) is 0 Å². The normalized spacial score (nSPS) is 12.0. The maximum atomic E-state index is 6.34. The number of benzene rings is 10. The fourth-order valence-corrected chi connectivity index (χ4v) is 9.30. The van der Waals surface area contributed by atoms with Crippen molar-refractivity contribution in [2.75, 3.05) is 0 Å². The van der Waals surface area contributed by atoms with Crippen molar-refractivity contribution in [1.82, 2.24) is 15.0 Å². The van der Waals surface area contributed by atoms with E-state index in [1.54, 1.807) is 0 Å². The lowest BCUT2D eigenvalue weighted by Crippen LogP contribution is -2.01. The van der Waals surface area contributed by atoms with Crippen LogP contribution in [0.2, 0.25) is 0 Å². The molecule has 0 atom stereocenters. The van der Waals surface area contributed by atoms with Crippen molar-refractivity contribution in [3.8, 4) is 45.3 Å². The van der Waals surface area contributed by atoms with Crippen LogP contribution < -0.4 is 0 Å². The van der Waals surface area contributed by atoms with Crippen LogP contribution in [-0.4, -0.2) is 15.0 Å². The Morgan fingerprint density at radius 1 is 0.267 bits per heavy atom. The van der Waals surface area contributed by atoms with Crippen LogP contribution in [0, 0.1) is 0 Å². The largest absolute Gasteiger partial charge is 0.456 e. The Balaban J connectivity index is 1.04. The SMILES string of the molecule is c1ccc2c(c1)ccc1ccc(-c3nc(-c4ccc(-c5ccc6ccc7oc8ccccc8c7c6c5)c5ccccc45)nc(-c4cccc5oc6ccccc6c45)n3)cc12. The van der Waals surface area contributed by atoms with Crippen molar-refractivity contribution in [3.63, 3.8) is 0 Å². The zero-order valence-electron chi connectivity index (χ0n) is 32.1. The van der Waals surface area contributed by atoms with Crippen LogP contribution in [0.5, 0.6) is 0 Å². The summed E-state index contributed by atoms with van der Waals surface area (Å²) in [6, 6.07) is 65.8. The molecule has 0 spiro atoms. The second-order valence-corrected chi connectivity index (χ2v) is 15.5. The summed E-state index contributed by atoms with van der Waals surface area (Å²) in [5.41, 5.74) is 8.40. The van der Waals surface area contributed by atoms with Crippen LogP contribution in [0.1, 0.15) is 0 Å². The molecule has 60 heavy (non-hydrogen) atoms. The number of rotatable bonds is 4. The van der Waals surface area contributed by atoms with Gasteiger partial charge in [0, 0.05) is 38.2 Å². The van der Waals surface area contributed by atoms with E-state index in [2.05, 4.69) is 146 Å². The molecule has 0 aliphatic carbocycles. The molecule has 278 valence electrons. The van der Waals surface area contributed by atoms with Gasteiger partial charge < -0.3 is 8.83 Å². The van der Waals surface area contributed by atoms with Crippen LogP contribution in [0.3, 0.4) is 0 Å². The van der Waals surface area contributed by atoms with E-state index in [0.29, 0.717) is 17.5 Å². The summed E-state index contributed by atoms with van der Waals surface area (Å²) in [5, 5.41) is 13.5. The first-order chi connectivity index (χ1) is 29.7. The van der Waals surface area contributed by atoms with Crippen LogP contribution >= 0.6 is 0 Å². The third-order valence-electron chi connectivity index (χ3n) is 12.1. The van der Waals surface area contributed by atoms with Gasteiger partial charge in [0.2, 0.25) is 0 Å². The van der Waals surface area contributed by atoms with E-state index in [0.717, 1.165) is 87.9 Å². The van der Waals surface area contributed by atoms with E-state index in [4.69, 9.17) is 23.8 Å². The molecule has 0 amide bonds. The number of hydrogen-bond donors (Lipinski definition) is 0. The fraction of sp³-hybridized carbons (Fsp3) is 0. The Morgan fingerprint density at radius 2 is 0.767 bits per heavy atom. The first-order valence-corrected chi connectivity index (χ1v) is 20.2. The van der Waals surface area contributed by atoms with Gasteiger partial charge in [-0.1, -0.05) is 146 Å². The molecule has 3 heterocycles. The van der Waals surface area contributed by atoms with E-state index in [1.807, 2.05) is 42.5 Å². The first-order valence-electron chi connectivity index (χ1n) is 20.2. The average Bonchev–Trinajstić information content (AvgIpc) is 3.90. The molecule has 13 rings (SSSR count). The lowest BCUT2D eigenvalue weighted by molar-refractivity contribution is 0.668. The standard InChI is InChI=1S/C55H31N3O2/c1-2-11-37-32(10-1)20-21-33-23-25-36(31-45(33)37)53-56-54(58-55(57-53)44-16-9-19-49-51(44)42-14-5-7-17-47(42)59-49)41-28-27-38(39-12-3-4-13-40(39)41)35-24-22-34-26-29-50-52(46(34)30-35)43-15-6-8-18-48(43)60-50/h1-31H. The van der Waals surface area contributed by atoms with Crippen molar-refractivity contribution in [3.05, 3.63) is 188 Å². The molecule has 5 heteroatoms. The second kappa shape index (κ2) is 12.7. The molecular weight excluding hydrogens is 735 g/mol. The van der Waals surface area contributed by atoms with Crippen molar-refractivity contribution < 1.29 is 8.83 Å². The van der Waals surface area contributed by atoms with E-state index in [-0.39, 0.29) is 0 Å². The summed E-state index contributed by atoms with van der Waals surface area (Å²) in [6.07, 6.45) is 0. The molecule has 0 fully saturated rings.